The first-order valence-corrected chi connectivity index (χ1v) is 13.2. The second-order valence-corrected chi connectivity index (χ2v) is 10.5. The largest absolute Gasteiger partial charge is 0.383 e. The van der Waals surface area contributed by atoms with Crippen LogP contribution >= 0.6 is 15.9 Å². The molecule has 1 heterocycles. The van der Waals surface area contributed by atoms with E-state index in [4.69, 9.17) is 5.73 Å². The van der Waals surface area contributed by atoms with Crippen molar-refractivity contribution in [1.29, 1.82) is 0 Å². The lowest BCUT2D eigenvalue weighted by Crippen LogP contribution is -2.25. The van der Waals surface area contributed by atoms with Gasteiger partial charge in [0.25, 0.3) is 0 Å². The van der Waals surface area contributed by atoms with Gasteiger partial charge < -0.3 is 11.1 Å². The fraction of sp³-hybridized carbons (Fsp3) is 0.250. The lowest BCUT2D eigenvalue weighted by atomic mass is 10.1. The highest BCUT2D eigenvalue weighted by molar-refractivity contribution is 9.10. The first-order valence-electron chi connectivity index (χ1n) is 10.9. The van der Waals surface area contributed by atoms with Crippen LogP contribution in [0, 0.1) is 0 Å². The van der Waals surface area contributed by atoms with Crippen LogP contribution in [0.25, 0.3) is 21.7 Å². The summed E-state index contributed by atoms with van der Waals surface area (Å²) in [6, 6.07) is 18.6. The number of hydrogen-bond acceptors (Lipinski definition) is 6. The fourth-order valence-electron chi connectivity index (χ4n) is 3.72. The summed E-state index contributed by atoms with van der Waals surface area (Å²) in [5.74, 6) is 0.965. The molecule has 0 radical (unpaired) electrons. The Morgan fingerprint density at radius 2 is 1.61 bits per heavy atom. The maximum absolute atomic E-state index is 12.7. The van der Waals surface area contributed by atoms with Gasteiger partial charge in [-0.05, 0) is 42.5 Å². The second-order valence-electron chi connectivity index (χ2n) is 7.81. The molecule has 0 unspecified atom stereocenters. The Kier molecular flexibility index (Phi) is 7.42. The van der Waals surface area contributed by atoms with Crippen LogP contribution in [0.15, 0.2) is 70.0 Å². The van der Waals surface area contributed by atoms with Crippen molar-refractivity contribution in [3.63, 3.8) is 0 Å². The molecule has 9 heteroatoms. The van der Waals surface area contributed by atoms with Crippen molar-refractivity contribution in [3.05, 3.63) is 65.1 Å². The Balaban J connectivity index is 1.20. The molecular formula is C24H26BrN5O2S. The second kappa shape index (κ2) is 10.5. The molecule has 0 fully saturated rings. The third kappa shape index (κ3) is 5.79. The number of sulfonamides is 1. The summed E-state index contributed by atoms with van der Waals surface area (Å²) in [4.78, 5) is 9.15. The highest BCUT2D eigenvalue weighted by atomic mass is 79.9. The average molecular weight is 528 g/mol. The molecule has 0 saturated heterocycles. The van der Waals surface area contributed by atoms with E-state index in [1.54, 1.807) is 12.1 Å². The summed E-state index contributed by atoms with van der Waals surface area (Å²) in [5.41, 5.74) is 6.85. The molecule has 7 nitrogen and oxygen atoms in total. The quantitative estimate of drug-likeness (QED) is 0.248. The van der Waals surface area contributed by atoms with Crippen LogP contribution in [0.4, 0.5) is 11.8 Å². The number of benzene rings is 3. The van der Waals surface area contributed by atoms with E-state index in [-0.39, 0.29) is 0 Å². The monoisotopic (exact) mass is 527 g/mol. The summed E-state index contributed by atoms with van der Waals surface area (Å²) < 4.78 is 29.1. The van der Waals surface area contributed by atoms with Gasteiger partial charge in [0.05, 0.1) is 10.4 Å². The van der Waals surface area contributed by atoms with Gasteiger partial charge in [-0.2, -0.15) is 4.98 Å². The van der Waals surface area contributed by atoms with Crippen LogP contribution in [0.5, 0.6) is 0 Å². The summed E-state index contributed by atoms with van der Waals surface area (Å²) in [6.45, 7) is 1.14. The van der Waals surface area contributed by atoms with E-state index in [9.17, 15) is 8.42 Å². The van der Waals surface area contributed by atoms with Gasteiger partial charge in [0.15, 0.2) is 0 Å². The van der Waals surface area contributed by atoms with E-state index in [2.05, 4.69) is 35.9 Å². The lowest BCUT2D eigenvalue weighted by Gasteiger charge is -2.10. The van der Waals surface area contributed by atoms with E-state index >= 15 is 0 Å². The number of nitrogen functional groups attached to an aromatic ring is 1. The fourth-order valence-corrected chi connectivity index (χ4v) is 5.38. The molecule has 0 aliphatic heterocycles. The summed E-state index contributed by atoms with van der Waals surface area (Å²) in [7, 11) is -3.54. The number of anilines is 2. The van der Waals surface area contributed by atoms with Gasteiger partial charge in [0, 0.05) is 28.3 Å². The Hall–Kier alpha value is -2.75. The molecule has 4 rings (SSSR count). The van der Waals surface area contributed by atoms with Gasteiger partial charge in [-0.15, -0.1) is 0 Å². The minimum absolute atomic E-state index is 0.326. The predicted octanol–water partition coefficient (Wildman–Crippen LogP) is 5.08. The zero-order chi connectivity index (χ0) is 23.3. The van der Waals surface area contributed by atoms with Gasteiger partial charge in [-0.3, -0.25) is 0 Å². The summed E-state index contributed by atoms with van der Waals surface area (Å²) in [5, 5.41) is 5.69. The van der Waals surface area contributed by atoms with E-state index in [0.29, 0.717) is 23.2 Å². The Labute approximate surface area is 202 Å². The number of nitrogens with one attached hydrogen (secondary N) is 2. The molecule has 0 saturated carbocycles. The normalized spacial score (nSPS) is 11.8. The first kappa shape index (κ1) is 23.4. The maximum atomic E-state index is 12.7. The summed E-state index contributed by atoms with van der Waals surface area (Å²) in [6.07, 6.45) is 3.60. The molecular weight excluding hydrogens is 502 g/mol. The van der Waals surface area contributed by atoms with Gasteiger partial charge >= 0.3 is 0 Å². The Bertz CT molecular complexity index is 1370. The molecule has 4 aromatic rings. The highest BCUT2D eigenvalue weighted by Gasteiger charge is 2.16. The molecule has 0 spiro atoms. The molecule has 0 amide bonds. The van der Waals surface area contributed by atoms with Crippen molar-refractivity contribution in [2.75, 3.05) is 24.1 Å². The van der Waals surface area contributed by atoms with Crippen LogP contribution < -0.4 is 15.8 Å². The molecule has 1 aromatic heterocycles. The zero-order valence-corrected chi connectivity index (χ0v) is 20.5. The number of fused-ring (bicyclic) bond motifs is 2. The predicted molar refractivity (Wildman–Crippen MR) is 138 cm³/mol. The van der Waals surface area contributed by atoms with Crippen LogP contribution in [0.3, 0.4) is 0 Å². The molecule has 0 atom stereocenters. The van der Waals surface area contributed by atoms with Crippen molar-refractivity contribution in [3.8, 4) is 0 Å². The summed E-state index contributed by atoms with van der Waals surface area (Å²) >= 11 is 3.43. The molecule has 0 aliphatic carbocycles. The van der Waals surface area contributed by atoms with Crippen molar-refractivity contribution in [2.45, 2.75) is 30.6 Å². The standard InChI is InChI=1S/C24H26BrN5O2S/c25-18-12-13-21-20(16-18)23(26)30-24(29-21)27-14-5-1-2-6-15-28-33(31,32)22-11-7-9-17-8-3-4-10-19(17)22/h3-4,7-13,16,28H,1-2,5-6,14-15H2,(H3,26,27,29,30). The molecule has 3 aromatic carbocycles. The third-order valence-corrected chi connectivity index (χ3v) is 7.42. The minimum Gasteiger partial charge on any atom is -0.383 e. The van der Waals surface area contributed by atoms with E-state index in [1.165, 1.54) is 0 Å². The zero-order valence-electron chi connectivity index (χ0n) is 18.1. The van der Waals surface area contributed by atoms with Gasteiger partial charge in [-0.1, -0.05) is 65.2 Å². The topological polar surface area (TPSA) is 110 Å². The molecule has 33 heavy (non-hydrogen) atoms. The number of hydrogen-bond donors (Lipinski definition) is 3. The van der Waals surface area contributed by atoms with Crippen molar-refractivity contribution < 1.29 is 8.42 Å². The number of nitrogens with zero attached hydrogens (tertiary/aromatic N) is 2. The smallest absolute Gasteiger partial charge is 0.241 e. The number of aromatic nitrogens is 2. The first-order chi connectivity index (χ1) is 15.9. The Morgan fingerprint density at radius 1 is 0.848 bits per heavy atom. The maximum Gasteiger partial charge on any atom is 0.241 e. The van der Waals surface area contributed by atoms with Crippen LogP contribution in [-0.2, 0) is 10.0 Å². The number of nitrogens with two attached hydrogens (primary N) is 1. The highest BCUT2D eigenvalue weighted by Crippen LogP contribution is 2.24. The van der Waals surface area contributed by atoms with Crippen molar-refractivity contribution in [2.24, 2.45) is 0 Å². The molecule has 0 aliphatic rings. The van der Waals surface area contributed by atoms with E-state index in [1.807, 2.05) is 48.5 Å². The van der Waals surface area contributed by atoms with Crippen molar-refractivity contribution >= 4 is 59.4 Å². The van der Waals surface area contributed by atoms with Gasteiger partial charge in [0.2, 0.25) is 16.0 Å². The minimum atomic E-state index is -3.54. The molecule has 172 valence electrons. The van der Waals surface area contributed by atoms with Crippen LogP contribution in [0.1, 0.15) is 25.7 Å². The van der Waals surface area contributed by atoms with E-state index < -0.39 is 10.0 Å². The van der Waals surface area contributed by atoms with Crippen molar-refractivity contribution in [1.82, 2.24) is 14.7 Å². The Morgan fingerprint density at radius 3 is 2.45 bits per heavy atom. The van der Waals surface area contributed by atoms with Crippen LogP contribution in [0.2, 0.25) is 0 Å². The van der Waals surface area contributed by atoms with Crippen LogP contribution in [-0.4, -0.2) is 31.5 Å². The van der Waals surface area contributed by atoms with Gasteiger partial charge in [-0.25, -0.2) is 18.1 Å². The number of halogens is 1. The molecule has 0 bridgehead atoms. The number of unbranched alkanes of at least 4 members (excludes halogenated alkanes) is 3. The molecule has 4 N–H and O–H groups in total. The van der Waals surface area contributed by atoms with Gasteiger partial charge in [0.1, 0.15) is 5.82 Å². The average Bonchev–Trinajstić information content (AvgIpc) is 2.81. The van der Waals surface area contributed by atoms with E-state index in [0.717, 1.165) is 58.4 Å². The third-order valence-electron chi connectivity index (χ3n) is 5.41. The lowest BCUT2D eigenvalue weighted by molar-refractivity contribution is 0.573. The number of rotatable bonds is 10. The SMILES string of the molecule is Nc1nc(NCCCCCCNS(=O)(=O)c2cccc3ccccc23)nc2ccc(Br)cc12.